The predicted octanol–water partition coefficient (Wildman–Crippen LogP) is 3.45. The molecule has 0 spiro atoms. The van der Waals surface area contributed by atoms with Crippen LogP contribution in [0.2, 0.25) is 0 Å². The molecule has 0 aliphatic rings. The first-order valence-electron chi connectivity index (χ1n) is 6.82. The Bertz CT molecular complexity index is 507. The van der Waals surface area contributed by atoms with Crippen molar-refractivity contribution < 1.29 is 19.4 Å². The lowest BCUT2D eigenvalue weighted by atomic mass is 10.00. The summed E-state index contributed by atoms with van der Waals surface area (Å²) in [6, 6.07) is -0.358. The van der Waals surface area contributed by atoms with Gasteiger partial charge in [-0.1, -0.05) is 20.3 Å². The quantitative estimate of drug-likeness (QED) is 0.869. The monoisotopic (exact) mass is 314 g/mol. The number of hydrogen-bond acceptors (Lipinski definition) is 5. The summed E-state index contributed by atoms with van der Waals surface area (Å²) in [7, 11) is 0. The van der Waals surface area contributed by atoms with E-state index in [0.29, 0.717) is 5.01 Å². The van der Waals surface area contributed by atoms with Crippen molar-refractivity contribution in [1.29, 1.82) is 0 Å². The predicted molar refractivity (Wildman–Crippen MR) is 80.6 cm³/mol. The van der Waals surface area contributed by atoms with E-state index in [2.05, 4.69) is 10.3 Å². The van der Waals surface area contributed by atoms with Gasteiger partial charge in [0.2, 0.25) is 0 Å². The zero-order valence-corrected chi connectivity index (χ0v) is 13.8. The van der Waals surface area contributed by atoms with E-state index >= 15 is 0 Å². The second-order valence-electron chi connectivity index (χ2n) is 5.89. The van der Waals surface area contributed by atoms with Gasteiger partial charge in [-0.05, 0) is 26.7 Å². The molecule has 7 heteroatoms. The standard InChI is InChI=1S/C14H22N2O4S/c1-6-8(2)10(16-13(19)20-14(3,4)5)11-15-9(7-21-11)12(17)18/h7-8,10H,6H2,1-5H3,(H,16,19)(H,17,18)/t8-,10-/m0/s1. The summed E-state index contributed by atoms with van der Waals surface area (Å²) in [6.07, 6.45) is 0.294. The molecular weight excluding hydrogens is 292 g/mol. The van der Waals surface area contributed by atoms with Gasteiger partial charge in [0.15, 0.2) is 5.69 Å². The number of hydrogen-bond donors (Lipinski definition) is 2. The number of nitrogens with one attached hydrogen (secondary N) is 1. The van der Waals surface area contributed by atoms with Crippen LogP contribution in [0.3, 0.4) is 0 Å². The van der Waals surface area contributed by atoms with Crippen LogP contribution in [0.5, 0.6) is 0 Å². The number of aromatic nitrogens is 1. The number of aromatic carboxylic acids is 1. The van der Waals surface area contributed by atoms with Crippen molar-refractivity contribution in [3.63, 3.8) is 0 Å². The van der Waals surface area contributed by atoms with Crippen LogP contribution in [0.1, 0.15) is 62.6 Å². The first-order chi connectivity index (χ1) is 9.64. The Hall–Kier alpha value is -1.63. The lowest BCUT2D eigenvalue weighted by molar-refractivity contribution is 0.0486. The van der Waals surface area contributed by atoms with Crippen LogP contribution in [0.4, 0.5) is 4.79 Å². The number of carboxylic acid groups (broad SMARTS) is 1. The Kier molecular flexibility index (Phi) is 5.71. The maximum Gasteiger partial charge on any atom is 0.408 e. The molecule has 0 saturated carbocycles. The van der Waals surface area contributed by atoms with Gasteiger partial charge in [-0.25, -0.2) is 14.6 Å². The third-order valence-electron chi connectivity index (χ3n) is 2.89. The normalized spacial score (nSPS) is 14.3. The van der Waals surface area contributed by atoms with Crippen molar-refractivity contribution in [2.24, 2.45) is 5.92 Å². The maximum absolute atomic E-state index is 11.9. The molecule has 1 heterocycles. The highest BCUT2D eigenvalue weighted by Crippen LogP contribution is 2.27. The molecule has 1 rings (SSSR count). The number of thiazole rings is 1. The van der Waals surface area contributed by atoms with Crippen LogP contribution in [0.15, 0.2) is 5.38 Å². The van der Waals surface area contributed by atoms with Gasteiger partial charge < -0.3 is 15.2 Å². The minimum atomic E-state index is -1.07. The van der Waals surface area contributed by atoms with E-state index in [1.165, 1.54) is 16.7 Å². The zero-order valence-electron chi connectivity index (χ0n) is 13.0. The van der Waals surface area contributed by atoms with Crippen LogP contribution in [0, 0.1) is 5.92 Å². The van der Waals surface area contributed by atoms with E-state index in [1.807, 2.05) is 13.8 Å². The molecule has 21 heavy (non-hydrogen) atoms. The van der Waals surface area contributed by atoms with E-state index in [4.69, 9.17) is 9.84 Å². The number of amides is 1. The number of alkyl carbamates (subject to hydrolysis) is 1. The van der Waals surface area contributed by atoms with Gasteiger partial charge in [0.1, 0.15) is 10.6 Å². The van der Waals surface area contributed by atoms with E-state index in [0.717, 1.165) is 6.42 Å². The highest BCUT2D eigenvalue weighted by molar-refractivity contribution is 7.09. The first kappa shape index (κ1) is 17.4. The molecular formula is C14H22N2O4S. The Labute approximate surface area is 128 Å². The van der Waals surface area contributed by atoms with Gasteiger partial charge in [-0.15, -0.1) is 11.3 Å². The third kappa shape index (κ3) is 5.34. The molecule has 6 nitrogen and oxygen atoms in total. The zero-order chi connectivity index (χ0) is 16.2. The summed E-state index contributed by atoms with van der Waals surface area (Å²) in [5.41, 5.74) is -0.589. The Morgan fingerprint density at radius 1 is 1.48 bits per heavy atom. The molecule has 1 amide bonds. The molecule has 0 radical (unpaired) electrons. The highest BCUT2D eigenvalue weighted by Gasteiger charge is 2.26. The lowest BCUT2D eigenvalue weighted by Gasteiger charge is -2.25. The van der Waals surface area contributed by atoms with E-state index in [9.17, 15) is 9.59 Å². The van der Waals surface area contributed by atoms with Crippen LogP contribution < -0.4 is 5.32 Å². The molecule has 1 aromatic heterocycles. The average Bonchev–Trinajstić information content (AvgIpc) is 2.82. The molecule has 0 unspecified atom stereocenters. The Morgan fingerprint density at radius 3 is 2.52 bits per heavy atom. The molecule has 0 aliphatic heterocycles. The van der Waals surface area contributed by atoms with Crippen molar-refractivity contribution in [2.75, 3.05) is 0 Å². The summed E-state index contributed by atoms with van der Waals surface area (Å²) in [4.78, 5) is 26.9. The number of carbonyl (C=O) groups excluding carboxylic acids is 1. The Balaban J connectivity index is 2.90. The van der Waals surface area contributed by atoms with Crippen molar-refractivity contribution in [1.82, 2.24) is 10.3 Å². The molecule has 0 aromatic carbocycles. The number of carbonyl (C=O) groups is 2. The maximum atomic E-state index is 11.9. The summed E-state index contributed by atoms with van der Waals surface area (Å²) in [5, 5.41) is 13.8. The molecule has 1 aromatic rings. The second kappa shape index (κ2) is 6.89. The molecule has 2 N–H and O–H groups in total. The smallest absolute Gasteiger partial charge is 0.408 e. The fourth-order valence-corrected chi connectivity index (χ4v) is 2.62. The van der Waals surface area contributed by atoms with Gasteiger partial charge in [-0.3, -0.25) is 0 Å². The van der Waals surface area contributed by atoms with Crippen LogP contribution in [0.25, 0.3) is 0 Å². The molecule has 0 saturated heterocycles. The third-order valence-corrected chi connectivity index (χ3v) is 3.82. The minimum absolute atomic E-state index is 0.00529. The van der Waals surface area contributed by atoms with Crippen molar-refractivity contribution >= 4 is 23.4 Å². The number of carboxylic acids is 1. The summed E-state index contributed by atoms with van der Waals surface area (Å²) in [5.74, 6) is -0.956. The average molecular weight is 314 g/mol. The van der Waals surface area contributed by atoms with Gasteiger partial charge in [-0.2, -0.15) is 0 Å². The first-order valence-corrected chi connectivity index (χ1v) is 7.70. The summed E-state index contributed by atoms with van der Waals surface area (Å²) >= 11 is 1.23. The van der Waals surface area contributed by atoms with Crippen molar-refractivity contribution in [3.8, 4) is 0 Å². The summed E-state index contributed by atoms with van der Waals surface area (Å²) < 4.78 is 5.25. The molecule has 118 valence electrons. The van der Waals surface area contributed by atoms with E-state index < -0.39 is 17.7 Å². The fourth-order valence-electron chi connectivity index (χ4n) is 1.65. The van der Waals surface area contributed by atoms with Crippen LogP contribution in [-0.2, 0) is 4.74 Å². The second-order valence-corrected chi connectivity index (χ2v) is 6.78. The van der Waals surface area contributed by atoms with Crippen molar-refractivity contribution in [3.05, 3.63) is 16.1 Å². The minimum Gasteiger partial charge on any atom is -0.476 e. The van der Waals surface area contributed by atoms with Gasteiger partial charge in [0.05, 0.1) is 6.04 Å². The van der Waals surface area contributed by atoms with E-state index in [1.54, 1.807) is 20.8 Å². The molecule has 0 bridgehead atoms. The summed E-state index contributed by atoms with van der Waals surface area (Å²) in [6.45, 7) is 9.34. The number of rotatable bonds is 5. The highest BCUT2D eigenvalue weighted by atomic mass is 32.1. The van der Waals surface area contributed by atoms with Gasteiger partial charge in [0.25, 0.3) is 0 Å². The van der Waals surface area contributed by atoms with Crippen molar-refractivity contribution in [2.45, 2.75) is 52.7 Å². The largest absolute Gasteiger partial charge is 0.476 e. The lowest BCUT2D eigenvalue weighted by Crippen LogP contribution is -2.37. The number of nitrogens with zero attached hydrogens (tertiary/aromatic N) is 1. The Morgan fingerprint density at radius 2 is 2.10 bits per heavy atom. The van der Waals surface area contributed by atoms with Crippen LogP contribution >= 0.6 is 11.3 Å². The van der Waals surface area contributed by atoms with E-state index in [-0.39, 0.29) is 17.7 Å². The molecule has 2 atom stereocenters. The van der Waals surface area contributed by atoms with Gasteiger partial charge >= 0.3 is 12.1 Å². The fraction of sp³-hybridized carbons (Fsp3) is 0.643. The van der Waals surface area contributed by atoms with Crippen LogP contribution in [-0.4, -0.2) is 27.8 Å². The number of ether oxygens (including phenoxy) is 1. The topological polar surface area (TPSA) is 88.5 Å². The molecule has 0 fully saturated rings. The molecule has 0 aliphatic carbocycles. The SMILES string of the molecule is CC[C@H](C)[C@H](NC(=O)OC(C)(C)C)c1nc(C(=O)O)cs1. The van der Waals surface area contributed by atoms with Gasteiger partial charge in [0, 0.05) is 5.38 Å².